The molecule has 0 unspecified atom stereocenters. The molecule has 0 bridgehead atoms. The number of hydrogen-bond acceptors (Lipinski definition) is 5. The van der Waals surface area contributed by atoms with Crippen molar-refractivity contribution in [2.45, 2.75) is 20.4 Å². The number of carbonyl (C=O) groups is 1. The minimum atomic E-state index is -0.305. The second-order valence-corrected chi connectivity index (χ2v) is 7.63. The molecule has 160 valence electrons. The first-order chi connectivity index (χ1) is 15.0. The van der Waals surface area contributed by atoms with Crippen molar-refractivity contribution in [3.8, 4) is 0 Å². The number of para-hydroxylation sites is 2. The highest BCUT2D eigenvalue weighted by atomic mass is 32.1. The van der Waals surface area contributed by atoms with Gasteiger partial charge in [0.2, 0.25) is 5.95 Å². The molecule has 0 radical (unpaired) electrons. The van der Waals surface area contributed by atoms with E-state index < -0.39 is 0 Å². The monoisotopic (exact) mass is 436 g/mol. The van der Waals surface area contributed by atoms with Gasteiger partial charge in [0.25, 0.3) is 11.5 Å². The van der Waals surface area contributed by atoms with Crippen LogP contribution in [0.15, 0.2) is 47.3 Å². The van der Waals surface area contributed by atoms with Crippen LogP contribution >= 0.6 is 12.2 Å². The van der Waals surface area contributed by atoms with Crippen LogP contribution in [0.5, 0.6) is 0 Å². The van der Waals surface area contributed by atoms with E-state index in [-0.39, 0.29) is 16.2 Å². The lowest BCUT2D eigenvalue weighted by atomic mass is 10.1. The van der Waals surface area contributed by atoms with Crippen molar-refractivity contribution in [3.05, 3.63) is 63.2 Å². The Morgan fingerprint density at radius 2 is 1.94 bits per heavy atom. The van der Waals surface area contributed by atoms with Gasteiger partial charge in [-0.05, 0) is 55.6 Å². The lowest BCUT2D eigenvalue weighted by Gasteiger charge is -2.19. The standard InChI is InChI=1S/C22H24N6O2S/c1-3-27(4-2)11-12-28-18-8-6-5-7-16(18)23-21(28)25-19(29)14-9-10-15-17(13-14)24-22(31)26-20(15)30/h5-10,13H,3-4,11-12H2,1-2H3,(H,23,25,29)(H2,24,26,30,31). The topological polar surface area (TPSA) is 98.8 Å². The molecule has 0 atom stereocenters. The summed E-state index contributed by atoms with van der Waals surface area (Å²) in [5, 5.41) is 3.38. The maximum Gasteiger partial charge on any atom is 0.259 e. The molecule has 4 rings (SSSR count). The third kappa shape index (κ3) is 4.28. The lowest BCUT2D eigenvalue weighted by molar-refractivity contribution is 0.102. The molecule has 0 spiro atoms. The van der Waals surface area contributed by atoms with Gasteiger partial charge in [0.05, 0.1) is 21.9 Å². The molecular formula is C22H24N6O2S. The molecule has 2 aromatic heterocycles. The molecule has 0 saturated carbocycles. The minimum Gasteiger partial charge on any atom is -0.332 e. The molecule has 4 aromatic rings. The van der Waals surface area contributed by atoms with Gasteiger partial charge < -0.3 is 14.5 Å². The predicted octanol–water partition coefficient (Wildman–Crippen LogP) is 3.53. The highest BCUT2D eigenvalue weighted by Crippen LogP contribution is 2.21. The summed E-state index contributed by atoms with van der Waals surface area (Å²) in [4.78, 5) is 37.5. The van der Waals surface area contributed by atoms with E-state index in [2.05, 4.69) is 39.0 Å². The van der Waals surface area contributed by atoms with E-state index in [9.17, 15) is 9.59 Å². The number of nitrogens with zero attached hydrogens (tertiary/aromatic N) is 3. The zero-order valence-electron chi connectivity index (χ0n) is 17.4. The average Bonchev–Trinajstić information content (AvgIpc) is 3.11. The molecule has 0 saturated heterocycles. The summed E-state index contributed by atoms with van der Waals surface area (Å²) in [7, 11) is 0. The van der Waals surface area contributed by atoms with Gasteiger partial charge in [-0.25, -0.2) is 4.98 Å². The van der Waals surface area contributed by atoms with Gasteiger partial charge in [0.15, 0.2) is 4.77 Å². The van der Waals surface area contributed by atoms with Crippen LogP contribution in [0.1, 0.15) is 24.2 Å². The Labute approximate surface area is 183 Å². The lowest BCUT2D eigenvalue weighted by Crippen LogP contribution is -2.27. The Hall–Kier alpha value is -3.30. The van der Waals surface area contributed by atoms with Crippen molar-refractivity contribution in [2.24, 2.45) is 0 Å². The fraction of sp³-hybridized carbons (Fsp3) is 0.273. The minimum absolute atomic E-state index is 0.216. The van der Waals surface area contributed by atoms with Crippen LogP contribution in [-0.4, -0.2) is 50.0 Å². The zero-order chi connectivity index (χ0) is 22.0. The summed E-state index contributed by atoms with van der Waals surface area (Å²) >= 11 is 5.04. The highest BCUT2D eigenvalue weighted by Gasteiger charge is 2.16. The summed E-state index contributed by atoms with van der Waals surface area (Å²) in [5.74, 6) is 0.193. The van der Waals surface area contributed by atoms with Gasteiger partial charge in [-0.3, -0.25) is 19.9 Å². The van der Waals surface area contributed by atoms with E-state index >= 15 is 0 Å². The maximum absolute atomic E-state index is 13.0. The number of carbonyl (C=O) groups excluding carboxylic acids is 1. The molecule has 2 aromatic carbocycles. The van der Waals surface area contributed by atoms with Crippen LogP contribution in [0.2, 0.25) is 0 Å². The molecule has 9 heteroatoms. The van der Waals surface area contributed by atoms with Crippen LogP contribution in [0.3, 0.4) is 0 Å². The molecule has 3 N–H and O–H groups in total. The van der Waals surface area contributed by atoms with Crippen LogP contribution < -0.4 is 10.9 Å². The Balaban J connectivity index is 1.67. The van der Waals surface area contributed by atoms with Crippen molar-refractivity contribution < 1.29 is 4.79 Å². The van der Waals surface area contributed by atoms with Crippen molar-refractivity contribution in [1.82, 2.24) is 24.4 Å². The van der Waals surface area contributed by atoms with Gasteiger partial charge in [0.1, 0.15) is 0 Å². The Bertz CT molecular complexity index is 1370. The number of H-pyrrole nitrogens is 2. The Morgan fingerprint density at radius 1 is 1.16 bits per heavy atom. The SMILES string of the molecule is CCN(CC)CCn1c(NC(=O)c2ccc3c(=O)[nH]c(=S)[nH]c3c2)nc2ccccc21. The molecule has 1 amide bonds. The number of aromatic nitrogens is 4. The first-order valence-electron chi connectivity index (χ1n) is 10.3. The van der Waals surface area contributed by atoms with E-state index in [1.807, 2.05) is 28.8 Å². The second kappa shape index (κ2) is 8.83. The van der Waals surface area contributed by atoms with Crippen LogP contribution in [-0.2, 0) is 6.54 Å². The van der Waals surface area contributed by atoms with Gasteiger partial charge in [0, 0.05) is 18.7 Å². The summed E-state index contributed by atoms with van der Waals surface area (Å²) in [6, 6.07) is 12.7. The number of amides is 1. The van der Waals surface area contributed by atoms with Crippen molar-refractivity contribution in [3.63, 3.8) is 0 Å². The number of anilines is 1. The number of fused-ring (bicyclic) bond motifs is 2. The number of aromatic amines is 2. The fourth-order valence-electron chi connectivity index (χ4n) is 3.66. The zero-order valence-corrected chi connectivity index (χ0v) is 18.3. The van der Waals surface area contributed by atoms with E-state index in [0.29, 0.717) is 29.0 Å². The molecule has 0 aliphatic heterocycles. The second-order valence-electron chi connectivity index (χ2n) is 7.23. The van der Waals surface area contributed by atoms with Gasteiger partial charge >= 0.3 is 0 Å². The van der Waals surface area contributed by atoms with E-state index in [1.54, 1.807) is 18.2 Å². The molecule has 8 nitrogen and oxygen atoms in total. The predicted molar refractivity (Wildman–Crippen MR) is 125 cm³/mol. The van der Waals surface area contributed by atoms with Gasteiger partial charge in [-0.1, -0.05) is 26.0 Å². The third-order valence-corrected chi connectivity index (χ3v) is 5.62. The normalized spacial score (nSPS) is 11.5. The van der Waals surface area contributed by atoms with Crippen molar-refractivity contribution >= 4 is 46.0 Å². The van der Waals surface area contributed by atoms with Crippen LogP contribution in [0.4, 0.5) is 5.95 Å². The van der Waals surface area contributed by atoms with E-state index in [0.717, 1.165) is 30.7 Å². The first-order valence-corrected chi connectivity index (χ1v) is 10.7. The summed E-state index contributed by atoms with van der Waals surface area (Å²) < 4.78 is 2.25. The first kappa shape index (κ1) is 21.0. The van der Waals surface area contributed by atoms with Crippen molar-refractivity contribution in [1.29, 1.82) is 0 Å². The highest BCUT2D eigenvalue weighted by molar-refractivity contribution is 7.71. The van der Waals surface area contributed by atoms with Crippen molar-refractivity contribution in [2.75, 3.05) is 25.0 Å². The fourth-order valence-corrected chi connectivity index (χ4v) is 3.87. The average molecular weight is 437 g/mol. The number of hydrogen-bond donors (Lipinski definition) is 3. The maximum atomic E-state index is 13.0. The quantitative estimate of drug-likeness (QED) is 0.385. The number of rotatable bonds is 7. The molecular weight excluding hydrogens is 412 g/mol. The Morgan fingerprint density at radius 3 is 2.71 bits per heavy atom. The summed E-state index contributed by atoms with van der Waals surface area (Å²) in [6.45, 7) is 7.75. The van der Waals surface area contributed by atoms with E-state index in [4.69, 9.17) is 12.2 Å². The molecule has 0 aliphatic rings. The number of likely N-dealkylation sites (N-methyl/N-ethyl adjacent to an activating group) is 1. The third-order valence-electron chi connectivity index (χ3n) is 5.42. The van der Waals surface area contributed by atoms with Crippen LogP contribution in [0, 0.1) is 4.77 Å². The van der Waals surface area contributed by atoms with Gasteiger partial charge in [-0.2, -0.15) is 0 Å². The largest absolute Gasteiger partial charge is 0.332 e. The Kier molecular flexibility index (Phi) is 5.97. The summed E-state index contributed by atoms with van der Waals surface area (Å²) in [5.41, 5.74) is 2.43. The smallest absolute Gasteiger partial charge is 0.259 e. The summed E-state index contributed by atoms with van der Waals surface area (Å²) in [6.07, 6.45) is 0. The molecule has 0 aliphatic carbocycles. The number of nitrogens with one attached hydrogen (secondary N) is 3. The molecule has 0 fully saturated rings. The number of benzene rings is 2. The molecule has 31 heavy (non-hydrogen) atoms. The van der Waals surface area contributed by atoms with E-state index in [1.165, 1.54) is 0 Å². The number of imidazole rings is 1. The van der Waals surface area contributed by atoms with Gasteiger partial charge in [-0.15, -0.1) is 0 Å². The molecule has 2 heterocycles. The van der Waals surface area contributed by atoms with Crippen LogP contribution in [0.25, 0.3) is 21.9 Å².